The van der Waals surface area contributed by atoms with Gasteiger partial charge < -0.3 is 10.6 Å². The second-order valence-electron chi connectivity index (χ2n) is 5.42. The number of rotatable bonds is 5. The molecule has 0 fully saturated rings. The third-order valence-corrected chi connectivity index (χ3v) is 4.16. The van der Waals surface area contributed by atoms with E-state index in [9.17, 15) is 4.79 Å². The number of likely N-dealkylation sites (N-methyl/N-ethyl adjacent to an activating group) is 1. The highest BCUT2D eigenvalue weighted by atomic mass is 16.2. The molecular weight excluding hydrogens is 250 g/mol. The number of nitrogens with two attached hydrogens (primary N) is 1. The number of nitrogens with zero attached hydrogens (tertiary/aromatic N) is 1. The molecule has 4 heteroatoms. The van der Waals surface area contributed by atoms with Crippen molar-refractivity contribution in [3.05, 3.63) is 35.4 Å². The Morgan fingerprint density at radius 1 is 1.35 bits per heavy atom. The van der Waals surface area contributed by atoms with Gasteiger partial charge in [-0.05, 0) is 38.3 Å². The number of hydrogen-bond donors (Lipinski definition) is 2. The van der Waals surface area contributed by atoms with Crippen LogP contribution in [0.25, 0.3) is 0 Å². The molecule has 1 aromatic rings. The zero-order valence-corrected chi connectivity index (χ0v) is 12.6. The van der Waals surface area contributed by atoms with Crippen LogP contribution in [0.1, 0.15) is 50.4 Å². The van der Waals surface area contributed by atoms with E-state index < -0.39 is 0 Å². The summed E-state index contributed by atoms with van der Waals surface area (Å²) in [6, 6.07) is 8.30. The van der Waals surface area contributed by atoms with Crippen molar-refractivity contribution >= 4 is 5.91 Å². The summed E-state index contributed by atoms with van der Waals surface area (Å²) in [4.78, 5) is 14.2. The van der Waals surface area contributed by atoms with Crippen LogP contribution in [0.4, 0.5) is 0 Å². The predicted molar refractivity (Wildman–Crippen MR) is 81.3 cm³/mol. The smallest absolute Gasteiger partial charge is 0.239 e. The molecule has 0 saturated heterocycles. The van der Waals surface area contributed by atoms with Crippen molar-refractivity contribution in [3.8, 4) is 0 Å². The average molecular weight is 275 g/mol. The van der Waals surface area contributed by atoms with Gasteiger partial charge in [-0.15, -0.1) is 0 Å². The van der Waals surface area contributed by atoms with Gasteiger partial charge >= 0.3 is 0 Å². The summed E-state index contributed by atoms with van der Waals surface area (Å²) in [7, 11) is 0. The molecule has 3 N–H and O–H groups in total. The first kappa shape index (κ1) is 15.0. The van der Waals surface area contributed by atoms with Crippen molar-refractivity contribution in [2.24, 2.45) is 5.73 Å². The van der Waals surface area contributed by atoms with Gasteiger partial charge in [-0.3, -0.25) is 10.1 Å². The van der Waals surface area contributed by atoms with Gasteiger partial charge in [0.15, 0.2) is 0 Å². The molecule has 1 aliphatic carbocycles. The normalized spacial score (nSPS) is 22.4. The molecule has 0 spiro atoms. The van der Waals surface area contributed by atoms with Crippen LogP contribution < -0.4 is 11.1 Å². The van der Waals surface area contributed by atoms with Crippen molar-refractivity contribution in [2.75, 3.05) is 13.1 Å². The summed E-state index contributed by atoms with van der Waals surface area (Å²) >= 11 is 0. The fraction of sp³-hybridized carbons (Fsp3) is 0.562. The van der Waals surface area contributed by atoms with Crippen LogP contribution in [-0.2, 0) is 4.79 Å². The maximum Gasteiger partial charge on any atom is 0.239 e. The minimum Gasteiger partial charge on any atom is -0.342 e. The summed E-state index contributed by atoms with van der Waals surface area (Å²) in [6.45, 7) is 7.46. The number of amides is 1. The minimum atomic E-state index is -0.182. The lowest BCUT2D eigenvalue weighted by Gasteiger charge is -2.26. The average Bonchev–Trinajstić information content (AvgIpc) is 2.77. The van der Waals surface area contributed by atoms with Gasteiger partial charge in [0.25, 0.3) is 0 Å². The molecule has 20 heavy (non-hydrogen) atoms. The van der Waals surface area contributed by atoms with E-state index in [0.717, 1.165) is 19.5 Å². The Bertz CT molecular complexity index is 471. The molecule has 0 heterocycles. The van der Waals surface area contributed by atoms with Crippen molar-refractivity contribution in [1.29, 1.82) is 0 Å². The molecule has 2 rings (SSSR count). The molecule has 0 bridgehead atoms. The van der Waals surface area contributed by atoms with E-state index in [1.165, 1.54) is 11.1 Å². The molecule has 110 valence electrons. The summed E-state index contributed by atoms with van der Waals surface area (Å²) in [6.07, 6.45) is 0.856. The molecule has 0 radical (unpaired) electrons. The highest BCUT2D eigenvalue weighted by Gasteiger charge is 2.30. The third kappa shape index (κ3) is 2.86. The Morgan fingerprint density at radius 2 is 1.95 bits per heavy atom. The molecule has 0 saturated carbocycles. The molecule has 4 nitrogen and oxygen atoms in total. The summed E-state index contributed by atoms with van der Waals surface area (Å²) in [5.74, 6) is 0.160. The van der Waals surface area contributed by atoms with Crippen molar-refractivity contribution in [2.45, 2.75) is 45.3 Å². The SMILES string of the molecule is CCN(CC)C(=O)C(C)NC1CC(N)c2ccccc21. The van der Waals surface area contributed by atoms with E-state index in [2.05, 4.69) is 17.4 Å². The Kier molecular flexibility index (Phi) is 4.78. The molecule has 1 aromatic carbocycles. The van der Waals surface area contributed by atoms with E-state index in [4.69, 9.17) is 5.73 Å². The monoisotopic (exact) mass is 275 g/mol. The topological polar surface area (TPSA) is 58.4 Å². The lowest BCUT2D eigenvalue weighted by molar-refractivity contribution is -0.132. The van der Waals surface area contributed by atoms with Gasteiger partial charge in [-0.2, -0.15) is 0 Å². The van der Waals surface area contributed by atoms with Crippen LogP contribution in [0, 0.1) is 0 Å². The maximum absolute atomic E-state index is 12.3. The van der Waals surface area contributed by atoms with Crippen molar-refractivity contribution in [1.82, 2.24) is 10.2 Å². The quantitative estimate of drug-likeness (QED) is 0.864. The van der Waals surface area contributed by atoms with Gasteiger partial charge in [0.1, 0.15) is 0 Å². The molecule has 0 aromatic heterocycles. The Labute approximate surface area is 121 Å². The van der Waals surface area contributed by atoms with Gasteiger partial charge in [-0.1, -0.05) is 24.3 Å². The van der Waals surface area contributed by atoms with Crippen molar-refractivity contribution < 1.29 is 4.79 Å². The van der Waals surface area contributed by atoms with Crippen LogP contribution in [0.2, 0.25) is 0 Å². The van der Waals surface area contributed by atoms with E-state index in [-0.39, 0.29) is 24.0 Å². The van der Waals surface area contributed by atoms with Crippen LogP contribution in [0.15, 0.2) is 24.3 Å². The van der Waals surface area contributed by atoms with Crippen molar-refractivity contribution in [3.63, 3.8) is 0 Å². The first-order valence-electron chi connectivity index (χ1n) is 7.47. The summed E-state index contributed by atoms with van der Waals surface area (Å²) < 4.78 is 0. The van der Waals surface area contributed by atoms with Gasteiger partial charge in [0.2, 0.25) is 5.91 Å². The number of carbonyl (C=O) groups excluding carboxylic acids is 1. The summed E-state index contributed by atoms with van der Waals surface area (Å²) in [5.41, 5.74) is 8.60. The highest BCUT2D eigenvalue weighted by Crippen LogP contribution is 2.37. The number of nitrogens with one attached hydrogen (secondary N) is 1. The zero-order valence-electron chi connectivity index (χ0n) is 12.6. The molecule has 1 aliphatic rings. The van der Waals surface area contributed by atoms with Gasteiger partial charge in [-0.25, -0.2) is 0 Å². The molecular formula is C16H25N3O. The first-order valence-corrected chi connectivity index (χ1v) is 7.47. The fourth-order valence-electron chi connectivity index (χ4n) is 3.01. The third-order valence-electron chi connectivity index (χ3n) is 4.16. The molecule has 1 amide bonds. The second-order valence-corrected chi connectivity index (χ2v) is 5.42. The first-order chi connectivity index (χ1) is 9.58. The van der Waals surface area contributed by atoms with E-state index in [1.807, 2.05) is 37.8 Å². The van der Waals surface area contributed by atoms with E-state index >= 15 is 0 Å². The standard InChI is InChI=1S/C16H25N3O/c1-4-19(5-2)16(20)11(3)18-15-10-14(17)12-8-6-7-9-13(12)15/h6-9,11,14-15,18H,4-5,10,17H2,1-3H3. The van der Waals surface area contributed by atoms with Gasteiger partial charge in [0.05, 0.1) is 6.04 Å². The molecule has 3 unspecified atom stereocenters. The van der Waals surface area contributed by atoms with Gasteiger partial charge in [0, 0.05) is 25.2 Å². The predicted octanol–water partition coefficient (Wildman–Crippen LogP) is 1.98. The summed E-state index contributed by atoms with van der Waals surface area (Å²) in [5, 5.41) is 3.44. The van der Waals surface area contributed by atoms with E-state index in [0.29, 0.717) is 0 Å². The highest BCUT2D eigenvalue weighted by molar-refractivity contribution is 5.81. The number of carbonyl (C=O) groups is 1. The number of benzene rings is 1. The van der Waals surface area contributed by atoms with E-state index in [1.54, 1.807) is 0 Å². The van der Waals surface area contributed by atoms with Crippen LogP contribution in [0.3, 0.4) is 0 Å². The van der Waals surface area contributed by atoms with Crippen LogP contribution >= 0.6 is 0 Å². The molecule has 0 aliphatic heterocycles. The lowest BCUT2D eigenvalue weighted by Crippen LogP contribution is -2.45. The Hall–Kier alpha value is -1.39. The Morgan fingerprint density at radius 3 is 2.55 bits per heavy atom. The molecule has 3 atom stereocenters. The Balaban J connectivity index is 2.06. The lowest BCUT2D eigenvalue weighted by atomic mass is 10.1. The zero-order chi connectivity index (χ0) is 14.7. The largest absolute Gasteiger partial charge is 0.342 e. The van der Waals surface area contributed by atoms with Crippen LogP contribution in [0.5, 0.6) is 0 Å². The minimum absolute atomic E-state index is 0.0689. The van der Waals surface area contributed by atoms with Crippen LogP contribution in [-0.4, -0.2) is 29.9 Å². The maximum atomic E-state index is 12.3. The number of hydrogen-bond acceptors (Lipinski definition) is 3. The fourth-order valence-corrected chi connectivity index (χ4v) is 3.01. The second kappa shape index (κ2) is 6.37. The number of fused-ring (bicyclic) bond motifs is 1.